The van der Waals surface area contributed by atoms with Gasteiger partial charge in [-0.3, -0.25) is 29.1 Å². The summed E-state index contributed by atoms with van der Waals surface area (Å²) in [7, 11) is 3.24. The van der Waals surface area contributed by atoms with Crippen molar-refractivity contribution in [3.05, 3.63) is 33.9 Å². The van der Waals surface area contributed by atoms with Crippen molar-refractivity contribution >= 4 is 23.2 Å². The largest absolute Gasteiger partial charge is 0.343 e. The second-order valence-corrected chi connectivity index (χ2v) is 5.82. The quantitative estimate of drug-likeness (QED) is 0.578. The van der Waals surface area contributed by atoms with Crippen LogP contribution < -0.4 is 5.32 Å². The van der Waals surface area contributed by atoms with Gasteiger partial charge < -0.3 is 10.2 Å². The standard InChI is InChI=1S/C15H21N7O4/c1-5-20-14(15(24)19(3)4)11(8-16-20)18-13(23)6-7-21-10(2)12(9-17-21)22(25)26/h8-9H,5-7H2,1-4H3,(H,18,23). The summed E-state index contributed by atoms with van der Waals surface area (Å²) >= 11 is 0. The van der Waals surface area contributed by atoms with E-state index in [0.29, 0.717) is 23.6 Å². The molecule has 0 saturated carbocycles. The lowest BCUT2D eigenvalue weighted by atomic mass is 10.3. The van der Waals surface area contributed by atoms with Crippen molar-refractivity contribution in [3.8, 4) is 0 Å². The van der Waals surface area contributed by atoms with Crippen LogP contribution in [-0.4, -0.2) is 55.3 Å². The summed E-state index contributed by atoms with van der Waals surface area (Å²) in [5, 5.41) is 21.5. The molecular formula is C15H21N7O4. The van der Waals surface area contributed by atoms with Crippen LogP contribution in [0.5, 0.6) is 0 Å². The van der Waals surface area contributed by atoms with Crippen LogP contribution in [0.4, 0.5) is 11.4 Å². The van der Waals surface area contributed by atoms with E-state index in [1.807, 2.05) is 6.92 Å². The third-order valence-corrected chi connectivity index (χ3v) is 3.85. The van der Waals surface area contributed by atoms with E-state index in [1.165, 1.54) is 20.5 Å². The van der Waals surface area contributed by atoms with Gasteiger partial charge in [-0.2, -0.15) is 10.2 Å². The third kappa shape index (κ3) is 3.87. The lowest BCUT2D eigenvalue weighted by Crippen LogP contribution is -2.26. The van der Waals surface area contributed by atoms with Gasteiger partial charge in [-0.05, 0) is 13.8 Å². The second kappa shape index (κ2) is 7.76. The van der Waals surface area contributed by atoms with E-state index in [2.05, 4.69) is 15.5 Å². The van der Waals surface area contributed by atoms with Crippen molar-refractivity contribution < 1.29 is 14.5 Å². The molecule has 0 aliphatic heterocycles. The summed E-state index contributed by atoms with van der Waals surface area (Å²) in [5.41, 5.74) is 0.925. The van der Waals surface area contributed by atoms with Gasteiger partial charge in [0.1, 0.15) is 17.6 Å². The number of nitro groups is 1. The van der Waals surface area contributed by atoms with Crippen LogP contribution in [0.25, 0.3) is 0 Å². The number of anilines is 1. The SMILES string of the molecule is CCn1ncc(NC(=O)CCn2ncc([N+](=O)[O-])c2C)c1C(=O)N(C)C. The van der Waals surface area contributed by atoms with E-state index in [-0.39, 0.29) is 30.5 Å². The van der Waals surface area contributed by atoms with Gasteiger partial charge in [0.05, 0.1) is 23.4 Å². The molecule has 0 aliphatic carbocycles. The van der Waals surface area contributed by atoms with E-state index < -0.39 is 4.92 Å². The molecule has 2 amide bonds. The summed E-state index contributed by atoms with van der Waals surface area (Å²) in [5.74, 6) is -0.607. The maximum Gasteiger partial charge on any atom is 0.309 e. The molecule has 0 atom stereocenters. The Balaban J connectivity index is 2.08. The predicted octanol–water partition coefficient (Wildman–Crippen LogP) is 1.05. The molecule has 0 fully saturated rings. The minimum atomic E-state index is -0.517. The fraction of sp³-hybridized carbons (Fsp3) is 0.467. The normalized spacial score (nSPS) is 10.6. The van der Waals surface area contributed by atoms with Crippen molar-refractivity contribution in [3.63, 3.8) is 0 Å². The summed E-state index contributed by atoms with van der Waals surface area (Å²) in [4.78, 5) is 36.3. The van der Waals surface area contributed by atoms with Crippen LogP contribution in [0.2, 0.25) is 0 Å². The van der Waals surface area contributed by atoms with Crippen LogP contribution in [0.15, 0.2) is 12.4 Å². The van der Waals surface area contributed by atoms with Crippen LogP contribution >= 0.6 is 0 Å². The molecule has 0 unspecified atom stereocenters. The van der Waals surface area contributed by atoms with Crippen molar-refractivity contribution in [2.75, 3.05) is 19.4 Å². The topological polar surface area (TPSA) is 128 Å². The molecular weight excluding hydrogens is 342 g/mol. The summed E-state index contributed by atoms with van der Waals surface area (Å²) in [6.45, 7) is 4.09. The number of amides is 2. The smallest absolute Gasteiger partial charge is 0.309 e. The fourth-order valence-electron chi connectivity index (χ4n) is 2.42. The maximum absolute atomic E-state index is 12.3. The highest BCUT2D eigenvalue weighted by Gasteiger charge is 2.21. The lowest BCUT2D eigenvalue weighted by molar-refractivity contribution is -0.385. The predicted molar refractivity (Wildman–Crippen MR) is 92.8 cm³/mol. The minimum Gasteiger partial charge on any atom is -0.343 e. The monoisotopic (exact) mass is 363 g/mol. The highest BCUT2D eigenvalue weighted by Crippen LogP contribution is 2.18. The number of rotatable bonds is 7. The Bertz CT molecular complexity index is 837. The van der Waals surface area contributed by atoms with Crippen molar-refractivity contribution in [1.29, 1.82) is 0 Å². The van der Waals surface area contributed by atoms with Crippen LogP contribution in [0.3, 0.4) is 0 Å². The number of aryl methyl sites for hydroxylation is 2. The number of nitrogens with zero attached hydrogens (tertiary/aromatic N) is 6. The van der Waals surface area contributed by atoms with E-state index >= 15 is 0 Å². The average molecular weight is 363 g/mol. The number of carbonyl (C=O) groups excluding carboxylic acids is 2. The molecule has 0 radical (unpaired) electrons. The van der Waals surface area contributed by atoms with Gasteiger partial charge in [-0.1, -0.05) is 0 Å². The maximum atomic E-state index is 12.3. The Morgan fingerprint density at radius 2 is 1.92 bits per heavy atom. The Morgan fingerprint density at radius 3 is 2.46 bits per heavy atom. The van der Waals surface area contributed by atoms with Gasteiger partial charge in [0.2, 0.25) is 5.91 Å². The second-order valence-electron chi connectivity index (χ2n) is 5.82. The molecule has 11 heteroatoms. The molecule has 26 heavy (non-hydrogen) atoms. The molecule has 0 saturated heterocycles. The average Bonchev–Trinajstić information content (AvgIpc) is 3.15. The van der Waals surface area contributed by atoms with Crippen LogP contribution in [0.1, 0.15) is 29.5 Å². The Hall–Kier alpha value is -3.24. The number of carbonyl (C=O) groups is 2. The highest BCUT2D eigenvalue weighted by molar-refractivity contribution is 6.02. The van der Waals surface area contributed by atoms with Crippen molar-refractivity contribution in [2.24, 2.45) is 0 Å². The first-order valence-corrected chi connectivity index (χ1v) is 8.00. The fourth-order valence-corrected chi connectivity index (χ4v) is 2.42. The first kappa shape index (κ1) is 19.1. The molecule has 0 spiro atoms. The number of hydrogen-bond donors (Lipinski definition) is 1. The molecule has 0 bridgehead atoms. The molecule has 0 aromatic carbocycles. The van der Waals surface area contributed by atoms with E-state index in [4.69, 9.17) is 0 Å². The zero-order valence-electron chi connectivity index (χ0n) is 15.1. The van der Waals surface area contributed by atoms with Crippen LogP contribution in [0, 0.1) is 17.0 Å². The number of nitrogens with one attached hydrogen (secondary N) is 1. The molecule has 1 N–H and O–H groups in total. The zero-order valence-corrected chi connectivity index (χ0v) is 15.1. The van der Waals surface area contributed by atoms with E-state index in [9.17, 15) is 19.7 Å². The molecule has 2 heterocycles. The first-order chi connectivity index (χ1) is 12.3. The Labute approximate surface area is 149 Å². The molecule has 0 aliphatic rings. The van der Waals surface area contributed by atoms with Gasteiger partial charge in [-0.25, -0.2) is 0 Å². The Morgan fingerprint density at radius 1 is 1.27 bits per heavy atom. The Kier molecular flexibility index (Phi) is 5.70. The molecule has 11 nitrogen and oxygen atoms in total. The van der Waals surface area contributed by atoms with Gasteiger partial charge in [0, 0.05) is 27.1 Å². The lowest BCUT2D eigenvalue weighted by Gasteiger charge is -2.13. The van der Waals surface area contributed by atoms with Crippen molar-refractivity contribution in [1.82, 2.24) is 24.5 Å². The van der Waals surface area contributed by atoms with Gasteiger partial charge in [-0.15, -0.1) is 0 Å². The molecule has 2 aromatic heterocycles. The third-order valence-electron chi connectivity index (χ3n) is 3.85. The van der Waals surface area contributed by atoms with Gasteiger partial charge >= 0.3 is 5.69 Å². The number of aromatic nitrogens is 4. The number of hydrogen-bond acceptors (Lipinski definition) is 6. The minimum absolute atomic E-state index is 0.0482. The highest BCUT2D eigenvalue weighted by atomic mass is 16.6. The van der Waals surface area contributed by atoms with Crippen LogP contribution in [-0.2, 0) is 17.9 Å². The molecule has 2 aromatic rings. The van der Waals surface area contributed by atoms with Gasteiger partial charge in [0.15, 0.2) is 0 Å². The van der Waals surface area contributed by atoms with Gasteiger partial charge in [0.25, 0.3) is 5.91 Å². The molecule has 2 rings (SSSR count). The summed E-state index contributed by atoms with van der Waals surface area (Å²) < 4.78 is 2.91. The first-order valence-electron chi connectivity index (χ1n) is 8.00. The van der Waals surface area contributed by atoms with E-state index in [1.54, 1.807) is 21.0 Å². The zero-order chi connectivity index (χ0) is 19.4. The summed E-state index contributed by atoms with van der Waals surface area (Å²) in [6.07, 6.45) is 2.64. The molecule has 140 valence electrons. The summed E-state index contributed by atoms with van der Waals surface area (Å²) in [6, 6.07) is 0. The van der Waals surface area contributed by atoms with Crippen molar-refractivity contribution in [2.45, 2.75) is 33.4 Å². The van der Waals surface area contributed by atoms with E-state index in [0.717, 1.165) is 6.20 Å².